The lowest BCUT2D eigenvalue weighted by Crippen LogP contribution is -2.52. The number of imidazole rings is 1. The Morgan fingerprint density at radius 1 is 0.852 bits per heavy atom. The van der Waals surface area contributed by atoms with Crippen molar-refractivity contribution in [2.24, 2.45) is 0 Å². The Bertz CT molecular complexity index is 993. The predicted octanol–water partition coefficient (Wildman–Crippen LogP) is 6.09. The van der Waals surface area contributed by atoms with E-state index in [9.17, 15) is 0 Å². The van der Waals surface area contributed by atoms with Crippen molar-refractivity contribution in [1.82, 2.24) is 4.40 Å². The second-order valence-corrected chi connectivity index (χ2v) is 10.3. The van der Waals surface area contributed by atoms with Gasteiger partial charge in [-0.15, -0.1) is 0 Å². The van der Waals surface area contributed by atoms with Gasteiger partial charge < -0.3 is 0 Å². The van der Waals surface area contributed by atoms with E-state index < -0.39 is 0 Å². The van der Waals surface area contributed by atoms with Crippen molar-refractivity contribution in [1.29, 1.82) is 0 Å². The van der Waals surface area contributed by atoms with E-state index in [2.05, 4.69) is 81.0 Å². The molecule has 0 atom stereocenters. The van der Waals surface area contributed by atoms with Crippen LogP contribution in [0.3, 0.4) is 0 Å². The van der Waals surface area contributed by atoms with Crippen molar-refractivity contribution < 1.29 is 4.57 Å². The minimum Gasteiger partial charge on any atom is -0.222 e. The number of hydrogen-bond donors (Lipinski definition) is 0. The molecule has 0 unspecified atom stereocenters. The second kappa shape index (κ2) is 6.36. The van der Waals surface area contributed by atoms with Gasteiger partial charge in [0.15, 0.2) is 5.69 Å². The minimum absolute atomic E-state index is 0.0668. The van der Waals surface area contributed by atoms with Gasteiger partial charge in [0.1, 0.15) is 11.2 Å². The van der Waals surface area contributed by atoms with Crippen molar-refractivity contribution >= 4 is 16.4 Å². The Morgan fingerprint density at radius 3 is 2.22 bits per heavy atom. The number of hydrogen-bond acceptors (Lipinski definition) is 0. The van der Waals surface area contributed by atoms with Crippen LogP contribution >= 0.6 is 0 Å². The first-order valence-corrected chi connectivity index (χ1v) is 10.7. The summed E-state index contributed by atoms with van der Waals surface area (Å²) in [6.07, 6.45) is 10.1. The summed E-state index contributed by atoms with van der Waals surface area (Å²) in [6.45, 7) is 14.1. The Kier molecular flexibility index (Phi) is 4.36. The molecule has 0 bridgehead atoms. The van der Waals surface area contributed by atoms with Gasteiger partial charge in [0.2, 0.25) is 0 Å². The molecule has 144 valence electrons. The summed E-state index contributed by atoms with van der Waals surface area (Å²) in [7, 11) is 0. The SMILES string of the molecule is CC(C)(C)c1cccc2ccn3c4c([n+](C(C)(C)C)c3c12)CCCCCC4. The predicted molar refractivity (Wildman–Crippen MR) is 115 cm³/mol. The highest BCUT2D eigenvalue weighted by atomic mass is 15.2. The average molecular weight is 364 g/mol. The molecule has 0 fully saturated rings. The Labute approximate surface area is 164 Å². The number of benzene rings is 1. The minimum atomic E-state index is 0.0668. The molecule has 0 aliphatic heterocycles. The Hall–Kier alpha value is -1.83. The number of aromatic nitrogens is 2. The van der Waals surface area contributed by atoms with E-state index in [1.165, 1.54) is 60.5 Å². The molecule has 1 aliphatic carbocycles. The first kappa shape index (κ1) is 18.5. The summed E-state index contributed by atoms with van der Waals surface area (Å²) in [5.41, 5.74) is 6.16. The van der Waals surface area contributed by atoms with Gasteiger partial charge in [-0.05, 0) is 56.0 Å². The van der Waals surface area contributed by atoms with E-state index in [0.717, 1.165) is 0 Å². The van der Waals surface area contributed by atoms with Crippen molar-refractivity contribution in [3.63, 3.8) is 0 Å². The fourth-order valence-corrected chi connectivity index (χ4v) is 4.94. The summed E-state index contributed by atoms with van der Waals surface area (Å²) in [5, 5.41) is 2.80. The van der Waals surface area contributed by atoms with Crippen molar-refractivity contribution in [2.75, 3.05) is 0 Å². The average Bonchev–Trinajstić information content (AvgIpc) is 2.86. The largest absolute Gasteiger partial charge is 0.295 e. The fourth-order valence-electron chi connectivity index (χ4n) is 4.94. The number of rotatable bonds is 0. The second-order valence-electron chi connectivity index (χ2n) is 10.3. The lowest BCUT2D eigenvalue weighted by Gasteiger charge is -2.23. The summed E-state index contributed by atoms with van der Waals surface area (Å²) >= 11 is 0. The quantitative estimate of drug-likeness (QED) is 0.427. The molecule has 1 aliphatic rings. The van der Waals surface area contributed by atoms with Crippen LogP contribution < -0.4 is 4.57 Å². The zero-order valence-electron chi connectivity index (χ0n) is 18.0. The van der Waals surface area contributed by atoms with Gasteiger partial charge in [0, 0.05) is 12.8 Å². The van der Waals surface area contributed by atoms with Crippen LogP contribution in [0.4, 0.5) is 0 Å². The fraction of sp³-hybridized carbons (Fsp3) is 0.560. The summed E-state index contributed by atoms with van der Waals surface area (Å²) in [5.74, 6) is 0. The molecule has 2 aromatic heterocycles. The Morgan fingerprint density at radius 2 is 1.56 bits per heavy atom. The highest BCUT2D eigenvalue weighted by molar-refractivity contribution is 5.96. The summed E-state index contributed by atoms with van der Waals surface area (Å²) in [4.78, 5) is 0. The van der Waals surface area contributed by atoms with E-state index in [4.69, 9.17) is 0 Å². The highest BCUT2D eigenvalue weighted by Gasteiger charge is 2.35. The van der Waals surface area contributed by atoms with Crippen LogP contribution in [0.1, 0.15) is 84.2 Å². The molecule has 0 radical (unpaired) electrons. The molecule has 0 N–H and O–H groups in total. The zero-order chi connectivity index (χ0) is 19.4. The number of fused-ring (bicyclic) bond motifs is 5. The van der Waals surface area contributed by atoms with Crippen LogP contribution in [0, 0.1) is 0 Å². The highest BCUT2D eigenvalue weighted by Crippen LogP contribution is 2.34. The van der Waals surface area contributed by atoms with E-state index >= 15 is 0 Å². The molecule has 0 amide bonds. The van der Waals surface area contributed by atoms with Crippen LogP contribution in [-0.2, 0) is 23.8 Å². The van der Waals surface area contributed by atoms with Crippen LogP contribution in [0.25, 0.3) is 16.4 Å². The smallest absolute Gasteiger partial charge is 0.222 e. The molecule has 3 aromatic rings. The third-order valence-corrected chi connectivity index (χ3v) is 6.11. The zero-order valence-corrected chi connectivity index (χ0v) is 18.0. The molecule has 1 aromatic carbocycles. The summed E-state index contributed by atoms with van der Waals surface area (Å²) in [6, 6.07) is 9.16. The molecule has 27 heavy (non-hydrogen) atoms. The molecule has 0 saturated carbocycles. The van der Waals surface area contributed by atoms with E-state index in [0.29, 0.717) is 0 Å². The molecule has 2 heterocycles. The van der Waals surface area contributed by atoms with Crippen molar-refractivity contribution in [3.8, 4) is 0 Å². The third-order valence-electron chi connectivity index (χ3n) is 6.11. The number of nitrogens with zero attached hydrogens (tertiary/aromatic N) is 2. The van der Waals surface area contributed by atoms with Gasteiger partial charge in [-0.1, -0.05) is 51.8 Å². The maximum atomic E-state index is 2.67. The third kappa shape index (κ3) is 3.07. The van der Waals surface area contributed by atoms with Crippen LogP contribution in [0.5, 0.6) is 0 Å². The van der Waals surface area contributed by atoms with Gasteiger partial charge >= 0.3 is 0 Å². The van der Waals surface area contributed by atoms with Crippen LogP contribution in [0.2, 0.25) is 0 Å². The first-order chi connectivity index (χ1) is 12.7. The van der Waals surface area contributed by atoms with E-state index in [1.54, 1.807) is 11.4 Å². The van der Waals surface area contributed by atoms with E-state index in [-0.39, 0.29) is 11.0 Å². The lowest BCUT2D eigenvalue weighted by molar-refractivity contribution is -0.736. The summed E-state index contributed by atoms with van der Waals surface area (Å²) < 4.78 is 5.20. The molecule has 2 nitrogen and oxygen atoms in total. The lowest BCUT2D eigenvalue weighted by atomic mass is 9.84. The molecule has 4 rings (SSSR count). The molecular weight excluding hydrogens is 328 g/mol. The van der Waals surface area contributed by atoms with Gasteiger partial charge in [-0.2, -0.15) is 4.40 Å². The van der Waals surface area contributed by atoms with Gasteiger partial charge in [-0.3, -0.25) is 0 Å². The van der Waals surface area contributed by atoms with Crippen LogP contribution in [-0.4, -0.2) is 4.40 Å². The maximum absolute atomic E-state index is 2.67. The molecule has 2 heteroatoms. The topological polar surface area (TPSA) is 8.29 Å². The van der Waals surface area contributed by atoms with Gasteiger partial charge in [-0.25, -0.2) is 4.57 Å². The van der Waals surface area contributed by atoms with Crippen molar-refractivity contribution in [2.45, 2.75) is 91.0 Å². The van der Waals surface area contributed by atoms with Gasteiger partial charge in [0.05, 0.1) is 11.6 Å². The van der Waals surface area contributed by atoms with Gasteiger partial charge in [0.25, 0.3) is 5.65 Å². The van der Waals surface area contributed by atoms with Crippen molar-refractivity contribution in [3.05, 3.63) is 47.4 Å². The standard InChI is InChI=1S/C25H35N2/c1-24(2,3)19-13-11-12-18-16-17-26-20-14-9-7-8-10-15-21(20)27(25(4,5)6)23(26)22(18)19/h11-13,16-17H,7-10,14-15H2,1-6H3/q+1. The van der Waals surface area contributed by atoms with E-state index in [1.807, 2.05) is 0 Å². The monoisotopic (exact) mass is 363 g/mol. The number of pyridine rings is 1. The maximum Gasteiger partial charge on any atom is 0.295 e. The van der Waals surface area contributed by atoms with Crippen LogP contribution in [0.15, 0.2) is 30.5 Å². The normalized spacial score (nSPS) is 16.4. The first-order valence-electron chi connectivity index (χ1n) is 10.7. The number of aryl methyl sites for hydroxylation is 1. The molecule has 0 saturated heterocycles. The molecule has 0 spiro atoms. The Balaban J connectivity index is 2.22. The molecular formula is C25H35N2+.